The van der Waals surface area contributed by atoms with Gasteiger partial charge in [0.1, 0.15) is 17.8 Å². The molecule has 3 aromatic rings. The van der Waals surface area contributed by atoms with Crippen molar-refractivity contribution in [3.8, 4) is 0 Å². The van der Waals surface area contributed by atoms with E-state index in [1.165, 1.54) is 0 Å². The van der Waals surface area contributed by atoms with Crippen molar-refractivity contribution in [2.24, 2.45) is 0 Å². The number of aliphatic hydroxyl groups excluding tert-OH is 1. The summed E-state index contributed by atoms with van der Waals surface area (Å²) < 4.78 is 16.0. The van der Waals surface area contributed by atoms with Crippen molar-refractivity contribution in [1.29, 1.82) is 0 Å². The summed E-state index contributed by atoms with van der Waals surface area (Å²) in [5, 5.41) is 16.5. The molecule has 33 heavy (non-hydrogen) atoms. The van der Waals surface area contributed by atoms with Crippen LogP contribution in [0.4, 0.5) is 22.0 Å². The number of halogens is 1. The van der Waals surface area contributed by atoms with E-state index in [0.717, 1.165) is 17.3 Å². The summed E-state index contributed by atoms with van der Waals surface area (Å²) in [6, 6.07) is 3.83. The van der Waals surface area contributed by atoms with E-state index in [4.69, 9.17) is 0 Å². The minimum atomic E-state index is -1.32. The Balaban J connectivity index is 1.62. The molecule has 3 unspecified atom stereocenters. The molecule has 0 aromatic carbocycles. The molecule has 1 saturated heterocycles. The molecule has 4 rings (SSSR count). The maximum Gasteiger partial charge on any atom is 0.253 e. The number of anilines is 3. The molecular weight excluding hydrogens is 425 g/mol. The zero-order valence-electron chi connectivity index (χ0n) is 19.1. The lowest BCUT2D eigenvalue weighted by atomic mass is 10.1. The number of amides is 1. The van der Waals surface area contributed by atoms with Crippen LogP contribution in [0.2, 0.25) is 0 Å². The van der Waals surface area contributed by atoms with Crippen LogP contribution < -0.4 is 15.5 Å². The van der Waals surface area contributed by atoms with Crippen molar-refractivity contribution in [2.75, 3.05) is 29.9 Å². The van der Waals surface area contributed by atoms with Crippen molar-refractivity contribution in [3.63, 3.8) is 0 Å². The third-order valence-electron chi connectivity index (χ3n) is 6.06. The summed E-state index contributed by atoms with van der Waals surface area (Å²) in [7, 11) is 0. The number of hydrogen-bond donors (Lipinski definition) is 3. The average molecular weight is 456 g/mol. The Morgan fingerprint density at radius 1 is 1.33 bits per heavy atom. The molecule has 1 aliphatic heterocycles. The highest BCUT2D eigenvalue weighted by Crippen LogP contribution is 2.28. The Morgan fingerprint density at radius 3 is 2.88 bits per heavy atom. The van der Waals surface area contributed by atoms with Crippen LogP contribution in [0.15, 0.2) is 30.7 Å². The molecule has 9 nitrogen and oxygen atoms in total. The number of aromatic nitrogens is 4. The van der Waals surface area contributed by atoms with Crippen LogP contribution in [0.25, 0.3) is 10.9 Å². The summed E-state index contributed by atoms with van der Waals surface area (Å²) in [6.07, 6.45) is 4.18. The fraction of sp³-hybridized carbons (Fsp3) is 0.478. The lowest BCUT2D eigenvalue weighted by molar-refractivity contribution is 0.0612. The first kappa shape index (κ1) is 22.9. The molecule has 176 valence electrons. The van der Waals surface area contributed by atoms with Crippen LogP contribution >= 0.6 is 0 Å². The van der Waals surface area contributed by atoms with Gasteiger partial charge in [0, 0.05) is 49.2 Å². The lowest BCUT2D eigenvalue weighted by Crippen LogP contribution is -2.45. The third kappa shape index (κ3) is 4.75. The fourth-order valence-electron chi connectivity index (χ4n) is 3.99. The second kappa shape index (κ2) is 9.70. The van der Waals surface area contributed by atoms with Crippen LogP contribution in [0.5, 0.6) is 0 Å². The number of nitrogens with zero attached hydrogens (tertiary/aromatic N) is 5. The van der Waals surface area contributed by atoms with Crippen LogP contribution in [-0.2, 0) is 0 Å². The first-order valence-electron chi connectivity index (χ1n) is 11.4. The zero-order chi connectivity index (χ0) is 23.5. The second-order valence-electron chi connectivity index (χ2n) is 8.34. The van der Waals surface area contributed by atoms with E-state index in [9.17, 15) is 14.3 Å². The predicted octanol–water partition coefficient (Wildman–Crippen LogP) is 3.20. The number of rotatable bonds is 7. The van der Waals surface area contributed by atoms with E-state index >= 15 is 0 Å². The molecule has 1 fully saturated rings. The number of carbonyl (C=O) groups is 1. The molecule has 1 aliphatic rings. The smallest absolute Gasteiger partial charge is 0.253 e. The van der Waals surface area contributed by atoms with Gasteiger partial charge in [0.15, 0.2) is 0 Å². The maximum absolute atomic E-state index is 13.9. The summed E-state index contributed by atoms with van der Waals surface area (Å²) in [5.74, 6) is 1.39. The Hall–Kier alpha value is -3.27. The minimum Gasteiger partial charge on any atom is -0.390 e. The molecule has 3 aromatic heterocycles. The van der Waals surface area contributed by atoms with Gasteiger partial charge in [0.2, 0.25) is 5.95 Å². The van der Waals surface area contributed by atoms with Gasteiger partial charge in [0.25, 0.3) is 5.91 Å². The van der Waals surface area contributed by atoms with Gasteiger partial charge >= 0.3 is 0 Å². The van der Waals surface area contributed by atoms with Crippen molar-refractivity contribution >= 4 is 34.4 Å². The monoisotopic (exact) mass is 455 g/mol. The van der Waals surface area contributed by atoms with E-state index < -0.39 is 12.3 Å². The molecule has 4 heterocycles. The van der Waals surface area contributed by atoms with Crippen molar-refractivity contribution in [1.82, 2.24) is 24.8 Å². The Morgan fingerprint density at radius 2 is 2.15 bits per heavy atom. The Labute approximate surface area is 192 Å². The summed E-state index contributed by atoms with van der Waals surface area (Å²) in [5.41, 5.74) is 1.51. The minimum absolute atomic E-state index is 0.0554. The van der Waals surface area contributed by atoms with Gasteiger partial charge in [-0.15, -0.1) is 0 Å². The number of fused-ring (bicyclic) bond motifs is 1. The van der Waals surface area contributed by atoms with Crippen molar-refractivity contribution in [2.45, 2.75) is 51.9 Å². The molecule has 0 aliphatic carbocycles. The molecule has 1 amide bonds. The fourth-order valence-corrected chi connectivity index (χ4v) is 3.99. The molecule has 0 spiro atoms. The van der Waals surface area contributed by atoms with Crippen LogP contribution in [-0.4, -0.2) is 62.4 Å². The first-order valence-corrected chi connectivity index (χ1v) is 11.4. The maximum atomic E-state index is 13.9. The number of piperidine rings is 1. The number of nitrogens with one attached hydrogen (secondary N) is 2. The van der Waals surface area contributed by atoms with E-state index in [1.807, 2.05) is 19.2 Å². The van der Waals surface area contributed by atoms with E-state index in [0.29, 0.717) is 42.7 Å². The largest absolute Gasteiger partial charge is 0.390 e. The van der Waals surface area contributed by atoms with Crippen LogP contribution in [0.1, 0.15) is 50.0 Å². The summed E-state index contributed by atoms with van der Waals surface area (Å²) in [6.45, 7) is 7.20. The highest BCUT2D eigenvalue weighted by molar-refractivity contribution is 6.07. The quantitative estimate of drug-likeness (QED) is 0.502. The second-order valence-corrected chi connectivity index (χ2v) is 8.34. The van der Waals surface area contributed by atoms with Gasteiger partial charge in [-0.2, -0.15) is 4.98 Å². The van der Waals surface area contributed by atoms with Crippen LogP contribution in [0.3, 0.4) is 0 Å². The predicted molar refractivity (Wildman–Crippen MR) is 126 cm³/mol. The molecule has 0 saturated carbocycles. The topological polar surface area (TPSA) is 108 Å². The van der Waals surface area contributed by atoms with Gasteiger partial charge in [-0.05, 0) is 32.8 Å². The average Bonchev–Trinajstić information content (AvgIpc) is 3.20. The van der Waals surface area contributed by atoms with Gasteiger partial charge in [0.05, 0.1) is 23.7 Å². The highest BCUT2D eigenvalue weighted by Gasteiger charge is 2.28. The van der Waals surface area contributed by atoms with Crippen molar-refractivity contribution < 1.29 is 14.3 Å². The van der Waals surface area contributed by atoms with Gasteiger partial charge in [-0.25, -0.2) is 14.4 Å². The molecule has 3 atom stereocenters. The number of alkyl halides is 1. The lowest BCUT2D eigenvalue weighted by Gasteiger charge is -2.32. The number of hydrogen-bond acceptors (Lipinski definition) is 7. The molecular formula is C23H30FN7O2. The van der Waals surface area contributed by atoms with Gasteiger partial charge < -0.3 is 25.2 Å². The standard InChI is InChI=1S/C23H30FN7O2/c1-4-14(3)31-12-16(22(33)25-5-2)15-11-27-21(10-18(15)31)28-20-6-8-26-23(29-20)30-9-7-19(32)17(24)13-30/h6,8,10-12,14,17,19,32H,4-5,7,9,13H2,1-3H3,(H,25,33)(H,26,27,28,29). The Kier molecular flexibility index (Phi) is 6.73. The number of aliphatic hydroxyl groups is 1. The highest BCUT2D eigenvalue weighted by atomic mass is 19.1. The molecule has 3 N–H and O–H groups in total. The van der Waals surface area contributed by atoms with E-state index in [-0.39, 0.29) is 18.5 Å². The van der Waals surface area contributed by atoms with Crippen LogP contribution in [0, 0.1) is 0 Å². The van der Waals surface area contributed by atoms with Gasteiger partial charge in [-0.3, -0.25) is 4.79 Å². The van der Waals surface area contributed by atoms with E-state index in [1.54, 1.807) is 23.4 Å². The summed E-state index contributed by atoms with van der Waals surface area (Å²) in [4.78, 5) is 27.6. The van der Waals surface area contributed by atoms with E-state index in [2.05, 4.69) is 44.0 Å². The zero-order valence-corrected chi connectivity index (χ0v) is 19.1. The third-order valence-corrected chi connectivity index (χ3v) is 6.06. The number of carbonyl (C=O) groups excluding carboxylic acids is 1. The summed E-state index contributed by atoms with van der Waals surface area (Å²) >= 11 is 0. The molecule has 10 heteroatoms. The molecule has 0 radical (unpaired) electrons. The van der Waals surface area contributed by atoms with Crippen molar-refractivity contribution in [3.05, 3.63) is 36.3 Å². The first-order chi connectivity index (χ1) is 15.9. The Bertz CT molecular complexity index is 1140. The molecule has 0 bridgehead atoms. The SMILES string of the molecule is CCNC(=O)c1cn(C(C)CC)c2cc(Nc3ccnc(N4CCC(O)C(F)C4)n3)ncc12. The number of pyridine rings is 1. The normalized spacial score (nSPS) is 19.5. The van der Waals surface area contributed by atoms with Gasteiger partial charge in [-0.1, -0.05) is 6.92 Å².